The zero-order valence-electron chi connectivity index (χ0n) is 16.0. The van der Waals surface area contributed by atoms with Crippen LogP contribution in [0.15, 0.2) is 18.2 Å². The van der Waals surface area contributed by atoms with Crippen LogP contribution in [-0.4, -0.2) is 64.6 Å². The number of piperidine rings is 1. The summed E-state index contributed by atoms with van der Waals surface area (Å²) in [6.07, 6.45) is 0.282. The average molecular weight is 384 g/mol. The fourth-order valence-corrected chi connectivity index (χ4v) is 4.28. The molecule has 2 N–H and O–H groups in total. The molecule has 0 aromatic heterocycles. The molecule has 4 rings (SSSR count). The number of imide groups is 2. The zero-order valence-corrected chi connectivity index (χ0v) is 16.0. The molecule has 0 spiro atoms. The molecule has 3 aliphatic rings. The van der Waals surface area contributed by atoms with Crippen LogP contribution in [0.3, 0.4) is 0 Å². The third-order valence-corrected chi connectivity index (χ3v) is 6.09. The van der Waals surface area contributed by atoms with Gasteiger partial charge >= 0.3 is 0 Å². The molecule has 0 radical (unpaired) electrons. The van der Waals surface area contributed by atoms with Gasteiger partial charge in [-0.1, -0.05) is 12.1 Å². The Morgan fingerprint density at radius 1 is 1.11 bits per heavy atom. The van der Waals surface area contributed by atoms with Crippen LogP contribution < -0.4 is 10.6 Å². The van der Waals surface area contributed by atoms with Gasteiger partial charge in [0.1, 0.15) is 6.04 Å². The van der Waals surface area contributed by atoms with Crippen LogP contribution in [0, 0.1) is 0 Å². The lowest BCUT2D eigenvalue weighted by atomic mass is 10.00. The van der Waals surface area contributed by atoms with Gasteiger partial charge in [-0.05, 0) is 31.9 Å². The van der Waals surface area contributed by atoms with Crippen molar-refractivity contribution >= 4 is 23.6 Å². The third-order valence-electron chi connectivity index (χ3n) is 6.09. The Morgan fingerprint density at radius 2 is 1.89 bits per heavy atom. The van der Waals surface area contributed by atoms with Gasteiger partial charge in [0.25, 0.3) is 11.8 Å². The molecule has 2 saturated heterocycles. The number of carbonyl (C=O) groups excluding carboxylic acids is 4. The molecule has 0 aliphatic carbocycles. The molecule has 3 heterocycles. The minimum absolute atomic E-state index is 0.118. The maximum absolute atomic E-state index is 13.2. The number of fused-ring (bicyclic) bond motifs is 1. The summed E-state index contributed by atoms with van der Waals surface area (Å²) in [5.41, 5.74) is 1.52. The van der Waals surface area contributed by atoms with Gasteiger partial charge < -0.3 is 5.32 Å². The number of carbonyl (C=O) groups is 4. The van der Waals surface area contributed by atoms with Gasteiger partial charge in [0, 0.05) is 38.1 Å². The van der Waals surface area contributed by atoms with Crippen molar-refractivity contribution < 1.29 is 19.2 Å². The Labute approximate surface area is 163 Å². The Hall–Kier alpha value is -2.58. The minimum atomic E-state index is -0.934. The number of amides is 4. The first-order valence-electron chi connectivity index (χ1n) is 9.69. The van der Waals surface area contributed by atoms with Gasteiger partial charge in [-0.25, -0.2) is 0 Å². The maximum Gasteiger partial charge on any atom is 0.262 e. The summed E-state index contributed by atoms with van der Waals surface area (Å²) in [6, 6.07) is 4.98. The molecule has 3 atom stereocenters. The van der Waals surface area contributed by atoms with Crippen molar-refractivity contribution in [3.8, 4) is 0 Å². The van der Waals surface area contributed by atoms with Gasteiger partial charge in [0.05, 0.1) is 11.1 Å². The number of nitrogens with zero attached hydrogens (tertiary/aromatic N) is 2. The molecule has 4 amide bonds. The van der Waals surface area contributed by atoms with E-state index in [1.165, 1.54) is 0 Å². The fraction of sp³-hybridized carbons (Fsp3) is 0.500. The summed E-state index contributed by atoms with van der Waals surface area (Å²) < 4.78 is 0. The highest BCUT2D eigenvalue weighted by molar-refractivity contribution is 6.24. The summed E-state index contributed by atoms with van der Waals surface area (Å²) >= 11 is 0. The lowest BCUT2D eigenvalue weighted by molar-refractivity contribution is -0.136. The van der Waals surface area contributed by atoms with E-state index in [9.17, 15) is 19.2 Å². The molecule has 0 saturated carbocycles. The van der Waals surface area contributed by atoms with Crippen molar-refractivity contribution in [3.63, 3.8) is 0 Å². The molecule has 1 aromatic rings. The van der Waals surface area contributed by atoms with E-state index in [0.717, 1.165) is 23.6 Å². The number of hydrogen-bond donors (Lipinski definition) is 2. The molecule has 8 nitrogen and oxygen atoms in total. The van der Waals surface area contributed by atoms with Crippen LogP contribution in [0.2, 0.25) is 0 Å². The van der Waals surface area contributed by atoms with E-state index < -0.39 is 23.8 Å². The van der Waals surface area contributed by atoms with Crippen molar-refractivity contribution in [2.24, 2.45) is 0 Å². The van der Waals surface area contributed by atoms with Crippen LogP contribution in [0.25, 0.3) is 0 Å². The first-order chi connectivity index (χ1) is 13.4. The van der Waals surface area contributed by atoms with Gasteiger partial charge in [-0.2, -0.15) is 0 Å². The molecule has 0 bridgehead atoms. The lowest BCUT2D eigenvalue weighted by Crippen LogP contribution is -2.55. The highest BCUT2D eigenvalue weighted by Gasteiger charge is 2.45. The second-order valence-corrected chi connectivity index (χ2v) is 7.74. The first kappa shape index (κ1) is 18.8. The van der Waals surface area contributed by atoms with Crippen LogP contribution >= 0.6 is 0 Å². The van der Waals surface area contributed by atoms with Crippen LogP contribution in [0.4, 0.5) is 0 Å². The predicted molar refractivity (Wildman–Crippen MR) is 100 cm³/mol. The number of piperazine rings is 1. The Balaban J connectivity index is 1.63. The zero-order chi connectivity index (χ0) is 20.0. The van der Waals surface area contributed by atoms with Crippen molar-refractivity contribution in [2.45, 2.75) is 51.4 Å². The summed E-state index contributed by atoms with van der Waals surface area (Å²) in [6.45, 7) is 6.57. The van der Waals surface area contributed by atoms with E-state index in [-0.39, 0.29) is 18.7 Å². The second kappa shape index (κ2) is 7.10. The highest BCUT2D eigenvalue weighted by atomic mass is 16.2. The average Bonchev–Trinajstić information content (AvgIpc) is 2.91. The van der Waals surface area contributed by atoms with E-state index >= 15 is 0 Å². The highest BCUT2D eigenvalue weighted by Crippen LogP contribution is 2.31. The molecule has 2 fully saturated rings. The molecule has 28 heavy (non-hydrogen) atoms. The number of benzene rings is 1. The van der Waals surface area contributed by atoms with E-state index in [0.29, 0.717) is 29.8 Å². The fourth-order valence-electron chi connectivity index (χ4n) is 4.28. The van der Waals surface area contributed by atoms with Crippen molar-refractivity contribution in [3.05, 3.63) is 34.9 Å². The maximum atomic E-state index is 13.2. The van der Waals surface area contributed by atoms with Crippen LogP contribution in [0.1, 0.15) is 53.0 Å². The number of hydrogen-bond acceptors (Lipinski definition) is 6. The van der Waals surface area contributed by atoms with E-state index in [1.807, 2.05) is 6.07 Å². The Kier molecular flexibility index (Phi) is 4.76. The Morgan fingerprint density at radius 3 is 2.64 bits per heavy atom. The monoisotopic (exact) mass is 384 g/mol. The second-order valence-electron chi connectivity index (χ2n) is 7.74. The van der Waals surface area contributed by atoms with Crippen LogP contribution in [-0.2, 0) is 16.1 Å². The molecular weight excluding hydrogens is 360 g/mol. The number of rotatable bonds is 3. The Bertz CT molecular complexity index is 868. The van der Waals surface area contributed by atoms with Crippen molar-refractivity contribution in [1.29, 1.82) is 0 Å². The molecule has 1 aromatic carbocycles. The van der Waals surface area contributed by atoms with E-state index in [4.69, 9.17) is 0 Å². The molecule has 3 unspecified atom stereocenters. The third kappa shape index (κ3) is 3.02. The predicted octanol–water partition coefficient (Wildman–Crippen LogP) is 0.270. The quantitative estimate of drug-likeness (QED) is 0.726. The van der Waals surface area contributed by atoms with Crippen molar-refractivity contribution in [1.82, 2.24) is 20.4 Å². The summed E-state index contributed by atoms with van der Waals surface area (Å²) in [5, 5.41) is 5.66. The van der Waals surface area contributed by atoms with E-state index in [1.54, 1.807) is 12.1 Å². The summed E-state index contributed by atoms with van der Waals surface area (Å²) in [7, 11) is 0. The number of nitrogens with one attached hydrogen (secondary N) is 2. The van der Waals surface area contributed by atoms with Crippen molar-refractivity contribution in [2.75, 3.05) is 13.1 Å². The lowest BCUT2D eigenvalue weighted by Gasteiger charge is -2.38. The van der Waals surface area contributed by atoms with Gasteiger partial charge in [0.15, 0.2) is 0 Å². The standard InChI is InChI=1S/C20H24N4O4/c1-11-12(2)23(9-8-21-11)10-13-4-3-5-14-17(13)20(28)24(19(14)27)15-6-7-16(25)22-18(15)26/h3-5,11-12,15,21H,6-10H2,1-2H3,(H,22,25,26). The smallest absolute Gasteiger partial charge is 0.262 e. The first-order valence-corrected chi connectivity index (χ1v) is 9.69. The summed E-state index contributed by atoms with van der Waals surface area (Å²) in [5.74, 6) is -1.86. The molecular formula is C20H24N4O4. The molecule has 148 valence electrons. The van der Waals surface area contributed by atoms with E-state index in [2.05, 4.69) is 29.4 Å². The van der Waals surface area contributed by atoms with Gasteiger partial charge in [-0.3, -0.25) is 34.3 Å². The van der Waals surface area contributed by atoms with Crippen LogP contribution in [0.5, 0.6) is 0 Å². The molecule has 3 aliphatic heterocycles. The van der Waals surface area contributed by atoms with Gasteiger partial charge in [0.2, 0.25) is 11.8 Å². The largest absolute Gasteiger partial charge is 0.311 e. The normalized spacial score (nSPS) is 28.5. The molecule has 8 heteroatoms. The SMILES string of the molecule is CC1NCCN(Cc2cccc3c2C(=O)N(C2CCC(=O)NC2=O)C3=O)C1C. The topological polar surface area (TPSA) is 98.8 Å². The minimum Gasteiger partial charge on any atom is -0.311 e. The summed E-state index contributed by atoms with van der Waals surface area (Å²) in [4.78, 5) is 53.0. The van der Waals surface area contributed by atoms with Gasteiger partial charge in [-0.15, -0.1) is 0 Å².